The lowest BCUT2D eigenvalue weighted by Crippen LogP contribution is -2.32. The SMILES string of the molecule is O=C(NCC1CCCO1)c1ccc(Nc2ccc(Br)cc2)nn1. The maximum atomic E-state index is 12.0. The van der Waals surface area contributed by atoms with E-state index in [1.54, 1.807) is 12.1 Å². The standard InChI is InChI=1S/C16H17BrN4O2/c17-11-3-5-12(6-4-11)19-15-8-7-14(20-21-15)16(22)18-10-13-2-1-9-23-13/h3-8,13H,1-2,9-10H2,(H,18,22)(H,19,21). The normalized spacial score (nSPS) is 17.0. The highest BCUT2D eigenvalue weighted by atomic mass is 79.9. The predicted octanol–water partition coefficient (Wildman–Crippen LogP) is 2.89. The van der Waals surface area contributed by atoms with Crippen LogP contribution in [-0.4, -0.2) is 35.4 Å². The number of carbonyl (C=O) groups excluding carboxylic acids is 1. The number of rotatable bonds is 5. The molecule has 0 aliphatic carbocycles. The zero-order chi connectivity index (χ0) is 16.1. The van der Waals surface area contributed by atoms with E-state index >= 15 is 0 Å². The molecule has 1 aromatic carbocycles. The molecule has 0 radical (unpaired) electrons. The molecule has 1 saturated heterocycles. The molecule has 1 aliphatic rings. The highest BCUT2D eigenvalue weighted by Crippen LogP contribution is 2.17. The molecule has 0 saturated carbocycles. The van der Waals surface area contributed by atoms with Gasteiger partial charge in [0, 0.05) is 23.3 Å². The molecule has 120 valence electrons. The maximum Gasteiger partial charge on any atom is 0.271 e. The molecule has 3 rings (SSSR count). The lowest BCUT2D eigenvalue weighted by molar-refractivity contribution is 0.0853. The summed E-state index contributed by atoms with van der Waals surface area (Å²) in [6.07, 6.45) is 2.16. The van der Waals surface area contributed by atoms with E-state index in [1.807, 2.05) is 24.3 Å². The van der Waals surface area contributed by atoms with Crippen molar-refractivity contribution in [2.45, 2.75) is 18.9 Å². The van der Waals surface area contributed by atoms with Crippen molar-refractivity contribution < 1.29 is 9.53 Å². The van der Waals surface area contributed by atoms with Crippen LogP contribution < -0.4 is 10.6 Å². The summed E-state index contributed by atoms with van der Waals surface area (Å²) in [5, 5.41) is 13.9. The Kier molecular flexibility index (Phi) is 5.19. The van der Waals surface area contributed by atoms with Gasteiger partial charge < -0.3 is 15.4 Å². The monoisotopic (exact) mass is 376 g/mol. The molecule has 23 heavy (non-hydrogen) atoms. The molecule has 0 bridgehead atoms. The largest absolute Gasteiger partial charge is 0.376 e. The number of benzene rings is 1. The Bertz CT molecular complexity index is 655. The highest BCUT2D eigenvalue weighted by molar-refractivity contribution is 9.10. The zero-order valence-corrected chi connectivity index (χ0v) is 14.0. The van der Waals surface area contributed by atoms with Crippen LogP contribution in [0, 0.1) is 0 Å². The smallest absolute Gasteiger partial charge is 0.271 e. The van der Waals surface area contributed by atoms with Gasteiger partial charge in [0.25, 0.3) is 5.91 Å². The molecule has 6 nitrogen and oxygen atoms in total. The van der Waals surface area contributed by atoms with Crippen molar-refractivity contribution in [1.29, 1.82) is 0 Å². The van der Waals surface area contributed by atoms with Crippen molar-refractivity contribution in [3.8, 4) is 0 Å². The number of hydrogen-bond acceptors (Lipinski definition) is 5. The van der Waals surface area contributed by atoms with Gasteiger partial charge >= 0.3 is 0 Å². The summed E-state index contributed by atoms with van der Waals surface area (Å²) >= 11 is 3.39. The first-order valence-corrected chi connectivity index (χ1v) is 8.26. The minimum Gasteiger partial charge on any atom is -0.376 e. The quantitative estimate of drug-likeness (QED) is 0.838. The second-order valence-corrected chi connectivity index (χ2v) is 6.20. The Morgan fingerprint density at radius 2 is 2.04 bits per heavy atom. The fourth-order valence-corrected chi connectivity index (χ4v) is 2.57. The second-order valence-electron chi connectivity index (χ2n) is 5.28. The van der Waals surface area contributed by atoms with E-state index in [0.29, 0.717) is 18.1 Å². The Morgan fingerprint density at radius 3 is 2.70 bits per heavy atom. The van der Waals surface area contributed by atoms with Gasteiger partial charge in [0.1, 0.15) is 0 Å². The van der Waals surface area contributed by atoms with Crippen LogP contribution in [0.5, 0.6) is 0 Å². The number of ether oxygens (including phenoxy) is 1. The number of carbonyl (C=O) groups is 1. The molecule has 1 aromatic heterocycles. The van der Waals surface area contributed by atoms with Gasteiger partial charge in [-0.3, -0.25) is 4.79 Å². The van der Waals surface area contributed by atoms with E-state index in [0.717, 1.165) is 29.6 Å². The topological polar surface area (TPSA) is 76.1 Å². The molecule has 1 unspecified atom stereocenters. The fourth-order valence-electron chi connectivity index (χ4n) is 2.30. The van der Waals surface area contributed by atoms with E-state index in [2.05, 4.69) is 36.8 Å². The van der Waals surface area contributed by atoms with Crippen LogP contribution >= 0.6 is 15.9 Å². The van der Waals surface area contributed by atoms with Crippen molar-refractivity contribution in [2.24, 2.45) is 0 Å². The predicted molar refractivity (Wildman–Crippen MR) is 90.8 cm³/mol. The van der Waals surface area contributed by atoms with E-state index in [1.165, 1.54) is 0 Å². The molecule has 2 N–H and O–H groups in total. The van der Waals surface area contributed by atoms with Gasteiger partial charge in [-0.25, -0.2) is 0 Å². The average Bonchev–Trinajstić information content (AvgIpc) is 3.09. The number of amides is 1. The van der Waals surface area contributed by atoms with Gasteiger partial charge in [0.2, 0.25) is 0 Å². The van der Waals surface area contributed by atoms with Gasteiger partial charge in [0.05, 0.1) is 6.10 Å². The third-order valence-electron chi connectivity index (χ3n) is 3.53. The third kappa shape index (κ3) is 4.49. The van der Waals surface area contributed by atoms with Crippen LogP contribution in [0.2, 0.25) is 0 Å². The van der Waals surface area contributed by atoms with E-state index in [4.69, 9.17) is 4.74 Å². The molecular formula is C16H17BrN4O2. The summed E-state index contributed by atoms with van der Waals surface area (Å²) in [6, 6.07) is 11.1. The molecule has 2 heterocycles. The minimum atomic E-state index is -0.233. The Balaban J connectivity index is 1.55. The number of halogens is 1. The maximum absolute atomic E-state index is 12.0. The van der Waals surface area contributed by atoms with Crippen molar-refractivity contribution in [3.63, 3.8) is 0 Å². The highest BCUT2D eigenvalue weighted by Gasteiger charge is 2.17. The first-order chi connectivity index (χ1) is 11.2. The Hall–Kier alpha value is -1.99. The summed E-state index contributed by atoms with van der Waals surface area (Å²) < 4.78 is 6.48. The van der Waals surface area contributed by atoms with Crippen LogP contribution in [0.15, 0.2) is 40.9 Å². The lowest BCUT2D eigenvalue weighted by Gasteiger charge is -2.10. The van der Waals surface area contributed by atoms with Crippen LogP contribution in [-0.2, 0) is 4.74 Å². The summed E-state index contributed by atoms with van der Waals surface area (Å²) in [5.41, 5.74) is 1.20. The fraction of sp³-hybridized carbons (Fsp3) is 0.312. The second kappa shape index (κ2) is 7.52. The van der Waals surface area contributed by atoms with Gasteiger partial charge in [-0.2, -0.15) is 0 Å². The number of nitrogens with zero attached hydrogens (tertiary/aromatic N) is 2. The van der Waals surface area contributed by atoms with Gasteiger partial charge in [-0.15, -0.1) is 10.2 Å². The van der Waals surface area contributed by atoms with E-state index in [9.17, 15) is 4.79 Å². The minimum absolute atomic E-state index is 0.116. The third-order valence-corrected chi connectivity index (χ3v) is 4.06. The Labute approximate surface area is 142 Å². The molecular weight excluding hydrogens is 360 g/mol. The lowest BCUT2D eigenvalue weighted by atomic mass is 10.2. The summed E-state index contributed by atoms with van der Waals surface area (Å²) in [5.74, 6) is 0.353. The van der Waals surface area contributed by atoms with Crippen molar-refractivity contribution in [2.75, 3.05) is 18.5 Å². The van der Waals surface area contributed by atoms with E-state index in [-0.39, 0.29) is 12.0 Å². The van der Waals surface area contributed by atoms with Crippen LogP contribution in [0.4, 0.5) is 11.5 Å². The molecule has 0 spiro atoms. The average molecular weight is 377 g/mol. The van der Waals surface area contributed by atoms with E-state index < -0.39 is 0 Å². The number of aromatic nitrogens is 2. The molecule has 1 atom stereocenters. The van der Waals surface area contributed by atoms with Crippen molar-refractivity contribution in [3.05, 3.63) is 46.6 Å². The summed E-state index contributed by atoms with van der Waals surface area (Å²) in [4.78, 5) is 12.0. The van der Waals surface area contributed by atoms with Crippen LogP contribution in [0.1, 0.15) is 23.3 Å². The molecule has 1 fully saturated rings. The number of hydrogen-bond donors (Lipinski definition) is 2. The first kappa shape index (κ1) is 15.9. The number of anilines is 2. The van der Waals surface area contributed by atoms with Gasteiger partial charge in [-0.1, -0.05) is 15.9 Å². The van der Waals surface area contributed by atoms with Gasteiger partial charge in [0.15, 0.2) is 11.5 Å². The molecule has 1 amide bonds. The molecule has 1 aliphatic heterocycles. The summed E-state index contributed by atoms with van der Waals surface area (Å²) in [7, 11) is 0. The Morgan fingerprint density at radius 1 is 1.22 bits per heavy atom. The van der Waals surface area contributed by atoms with Crippen molar-refractivity contribution >= 4 is 33.3 Å². The van der Waals surface area contributed by atoms with Crippen molar-refractivity contribution in [1.82, 2.24) is 15.5 Å². The molecule has 7 heteroatoms. The number of nitrogens with one attached hydrogen (secondary N) is 2. The van der Waals surface area contributed by atoms with Crippen LogP contribution in [0.3, 0.4) is 0 Å². The first-order valence-electron chi connectivity index (χ1n) is 7.47. The van der Waals surface area contributed by atoms with Gasteiger partial charge in [-0.05, 0) is 49.2 Å². The zero-order valence-electron chi connectivity index (χ0n) is 12.5. The van der Waals surface area contributed by atoms with Crippen LogP contribution in [0.25, 0.3) is 0 Å². The summed E-state index contributed by atoms with van der Waals surface area (Å²) in [6.45, 7) is 1.29. The molecule has 2 aromatic rings.